The predicted octanol–water partition coefficient (Wildman–Crippen LogP) is 2.82. The Kier molecular flexibility index (Phi) is 6.49. The summed E-state index contributed by atoms with van der Waals surface area (Å²) < 4.78 is 5.20. The Balaban J connectivity index is 1.90. The lowest BCUT2D eigenvalue weighted by molar-refractivity contribution is -0.129. The SMILES string of the molecule is CC(=O)Nc1cccc(C(=O)O[C@@H](C)C(=O)NCc2ccc(C)cc2)c1. The van der Waals surface area contributed by atoms with Crippen LogP contribution in [0.1, 0.15) is 35.3 Å². The van der Waals surface area contributed by atoms with Crippen molar-refractivity contribution in [3.63, 3.8) is 0 Å². The minimum absolute atomic E-state index is 0.237. The van der Waals surface area contributed by atoms with Crippen LogP contribution >= 0.6 is 0 Å². The summed E-state index contributed by atoms with van der Waals surface area (Å²) in [4.78, 5) is 35.4. The lowest BCUT2D eigenvalue weighted by Gasteiger charge is -2.14. The van der Waals surface area contributed by atoms with Crippen molar-refractivity contribution >= 4 is 23.5 Å². The molecule has 0 heterocycles. The number of hydrogen-bond donors (Lipinski definition) is 2. The van der Waals surface area contributed by atoms with Crippen LogP contribution in [0.2, 0.25) is 0 Å². The average Bonchev–Trinajstić information content (AvgIpc) is 2.60. The Morgan fingerprint density at radius 2 is 1.77 bits per heavy atom. The van der Waals surface area contributed by atoms with Crippen LogP contribution in [0.25, 0.3) is 0 Å². The van der Waals surface area contributed by atoms with Gasteiger partial charge in [-0.3, -0.25) is 9.59 Å². The number of anilines is 1. The Labute approximate surface area is 152 Å². The van der Waals surface area contributed by atoms with Gasteiger partial charge in [0.15, 0.2) is 6.10 Å². The number of nitrogens with one attached hydrogen (secondary N) is 2. The molecule has 2 aromatic rings. The third kappa shape index (κ3) is 5.73. The van der Waals surface area contributed by atoms with E-state index in [0.717, 1.165) is 11.1 Å². The summed E-state index contributed by atoms with van der Waals surface area (Å²) in [5.74, 6) is -1.24. The van der Waals surface area contributed by atoms with Crippen molar-refractivity contribution in [3.05, 3.63) is 65.2 Å². The maximum atomic E-state index is 12.2. The Bertz CT molecular complexity index is 800. The molecule has 0 saturated carbocycles. The van der Waals surface area contributed by atoms with Gasteiger partial charge in [-0.15, -0.1) is 0 Å². The molecule has 0 bridgehead atoms. The fourth-order valence-corrected chi connectivity index (χ4v) is 2.25. The summed E-state index contributed by atoms with van der Waals surface area (Å²) >= 11 is 0. The molecule has 2 aromatic carbocycles. The molecule has 0 saturated heterocycles. The molecule has 0 unspecified atom stereocenters. The third-order valence-corrected chi connectivity index (χ3v) is 3.66. The van der Waals surface area contributed by atoms with Gasteiger partial charge >= 0.3 is 5.97 Å². The topological polar surface area (TPSA) is 84.5 Å². The number of rotatable bonds is 6. The van der Waals surface area contributed by atoms with Crippen LogP contribution in [-0.2, 0) is 20.9 Å². The Morgan fingerprint density at radius 3 is 2.42 bits per heavy atom. The molecule has 0 aliphatic heterocycles. The van der Waals surface area contributed by atoms with E-state index in [1.54, 1.807) is 18.2 Å². The van der Waals surface area contributed by atoms with E-state index >= 15 is 0 Å². The first-order chi connectivity index (χ1) is 12.3. The maximum Gasteiger partial charge on any atom is 0.338 e. The van der Waals surface area contributed by atoms with Gasteiger partial charge in [0, 0.05) is 19.2 Å². The van der Waals surface area contributed by atoms with Crippen molar-refractivity contribution in [2.45, 2.75) is 33.4 Å². The van der Waals surface area contributed by atoms with Gasteiger partial charge in [-0.25, -0.2) is 4.79 Å². The molecule has 0 aliphatic rings. The van der Waals surface area contributed by atoms with Gasteiger partial charge in [0.2, 0.25) is 5.91 Å². The summed E-state index contributed by atoms with van der Waals surface area (Å²) in [5, 5.41) is 5.33. The van der Waals surface area contributed by atoms with Gasteiger partial charge in [0.05, 0.1) is 5.56 Å². The highest BCUT2D eigenvalue weighted by Crippen LogP contribution is 2.12. The smallest absolute Gasteiger partial charge is 0.338 e. The third-order valence-electron chi connectivity index (χ3n) is 3.66. The number of esters is 1. The highest BCUT2D eigenvalue weighted by Gasteiger charge is 2.19. The van der Waals surface area contributed by atoms with Crippen LogP contribution in [0.4, 0.5) is 5.69 Å². The van der Waals surface area contributed by atoms with Crippen molar-refractivity contribution in [2.24, 2.45) is 0 Å². The second-order valence-corrected chi connectivity index (χ2v) is 6.01. The van der Waals surface area contributed by atoms with Gasteiger partial charge in [-0.1, -0.05) is 35.9 Å². The lowest BCUT2D eigenvalue weighted by Crippen LogP contribution is -2.35. The molecule has 6 nitrogen and oxygen atoms in total. The molecule has 1 atom stereocenters. The molecule has 2 amide bonds. The van der Waals surface area contributed by atoms with Crippen LogP contribution in [0.3, 0.4) is 0 Å². The first kappa shape index (κ1) is 19.2. The fourth-order valence-electron chi connectivity index (χ4n) is 2.25. The highest BCUT2D eigenvalue weighted by molar-refractivity contribution is 5.95. The first-order valence-corrected chi connectivity index (χ1v) is 8.27. The molecule has 2 N–H and O–H groups in total. The standard InChI is InChI=1S/C20H22N2O4/c1-13-7-9-16(10-8-13)12-21-19(24)14(2)26-20(25)17-5-4-6-18(11-17)22-15(3)23/h4-11,14H,12H2,1-3H3,(H,21,24)(H,22,23)/t14-/m0/s1. The van der Waals surface area contributed by atoms with E-state index in [9.17, 15) is 14.4 Å². The second-order valence-electron chi connectivity index (χ2n) is 6.01. The quantitative estimate of drug-likeness (QED) is 0.781. The zero-order valence-electron chi connectivity index (χ0n) is 15.0. The largest absolute Gasteiger partial charge is 0.449 e. The Hall–Kier alpha value is -3.15. The number of hydrogen-bond acceptors (Lipinski definition) is 4. The van der Waals surface area contributed by atoms with Gasteiger partial charge in [-0.05, 0) is 37.6 Å². The maximum absolute atomic E-state index is 12.2. The fraction of sp³-hybridized carbons (Fsp3) is 0.250. The molecule has 0 aromatic heterocycles. The van der Waals surface area contributed by atoms with Gasteiger partial charge < -0.3 is 15.4 Å². The van der Waals surface area contributed by atoms with Gasteiger partial charge in [0.1, 0.15) is 0 Å². The summed E-state index contributed by atoms with van der Waals surface area (Å²) in [6.07, 6.45) is -0.933. The van der Waals surface area contributed by atoms with Crippen LogP contribution in [0.5, 0.6) is 0 Å². The molecular weight excluding hydrogens is 332 g/mol. The van der Waals surface area contributed by atoms with Crippen molar-refractivity contribution in [1.29, 1.82) is 0 Å². The minimum Gasteiger partial charge on any atom is -0.449 e. The average molecular weight is 354 g/mol. The van der Waals surface area contributed by atoms with E-state index in [1.165, 1.54) is 19.9 Å². The summed E-state index contributed by atoms with van der Waals surface area (Å²) in [7, 11) is 0. The van der Waals surface area contributed by atoms with Crippen molar-refractivity contribution < 1.29 is 19.1 Å². The van der Waals surface area contributed by atoms with E-state index in [-0.39, 0.29) is 17.4 Å². The van der Waals surface area contributed by atoms with Crippen molar-refractivity contribution in [1.82, 2.24) is 5.32 Å². The highest BCUT2D eigenvalue weighted by atomic mass is 16.5. The molecule has 2 rings (SSSR count). The molecule has 0 fully saturated rings. The molecule has 26 heavy (non-hydrogen) atoms. The molecule has 6 heteroatoms. The van der Waals surface area contributed by atoms with Crippen molar-refractivity contribution in [2.75, 3.05) is 5.32 Å². The molecular formula is C20H22N2O4. The van der Waals surface area contributed by atoms with E-state index in [0.29, 0.717) is 12.2 Å². The van der Waals surface area contributed by atoms with Gasteiger partial charge in [0.25, 0.3) is 5.91 Å². The number of carbonyl (C=O) groups is 3. The monoisotopic (exact) mass is 354 g/mol. The molecule has 136 valence electrons. The summed E-state index contributed by atoms with van der Waals surface area (Å²) in [6, 6.07) is 14.1. The lowest BCUT2D eigenvalue weighted by atomic mass is 10.1. The molecule has 0 spiro atoms. The number of carbonyl (C=O) groups excluding carboxylic acids is 3. The number of aryl methyl sites for hydroxylation is 1. The van der Waals surface area contributed by atoms with E-state index in [4.69, 9.17) is 4.74 Å². The van der Waals surface area contributed by atoms with Crippen LogP contribution < -0.4 is 10.6 Å². The number of ether oxygens (including phenoxy) is 1. The number of amides is 2. The Morgan fingerprint density at radius 1 is 1.08 bits per heavy atom. The summed E-state index contributed by atoms with van der Waals surface area (Å²) in [6.45, 7) is 5.25. The molecule has 0 radical (unpaired) electrons. The van der Waals surface area contributed by atoms with E-state index in [1.807, 2.05) is 31.2 Å². The van der Waals surface area contributed by atoms with Crippen LogP contribution in [-0.4, -0.2) is 23.9 Å². The predicted molar refractivity (Wildman–Crippen MR) is 98.6 cm³/mol. The van der Waals surface area contributed by atoms with Crippen molar-refractivity contribution in [3.8, 4) is 0 Å². The number of benzene rings is 2. The van der Waals surface area contributed by atoms with E-state index in [2.05, 4.69) is 10.6 Å². The van der Waals surface area contributed by atoms with Gasteiger partial charge in [-0.2, -0.15) is 0 Å². The zero-order valence-corrected chi connectivity index (χ0v) is 15.0. The minimum atomic E-state index is -0.933. The molecule has 0 aliphatic carbocycles. The first-order valence-electron chi connectivity index (χ1n) is 8.27. The van der Waals surface area contributed by atoms with Crippen LogP contribution in [0, 0.1) is 6.92 Å². The normalized spacial score (nSPS) is 11.3. The van der Waals surface area contributed by atoms with E-state index < -0.39 is 12.1 Å². The zero-order chi connectivity index (χ0) is 19.1. The second kappa shape index (κ2) is 8.80. The summed E-state index contributed by atoms with van der Waals surface area (Å²) in [5.41, 5.74) is 2.85. The van der Waals surface area contributed by atoms with Crippen LogP contribution in [0.15, 0.2) is 48.5 Å².